The molecule has 4 rings (SSSR count). The van der Waals surface area contributed by atoms with Gasteiger partial charge in [0.05, 0.1) is 5.70 Å². The Morgan fingerprint density at radius 1 is 0.710 bits per heavy atom. The number of nitrogens with zero attached hydrogens (tertiary/aromatic N) is 2. The molecule has 0 aliphatic carbocycles. The van der Waals surface area contributed by atoms with Crippen molar-refractivity contribution in [1.82, 2.24) is 0 Å². The van der Waals surface area contributed by atoms with Gasteiger partial charge in [-0.25, -0.2) is 9.98 Å². The Balaban J connectivity index is 1.88. The molecule has 0 spiro atoms. The molecule has 0 aliphatic rings. The molecule has 4 aromatic rings. The van der Waals surface area contributed by atoms with E-state index < -0.39 is 0 Å². The lowest BCUT2D eigenvalue weighted by Crippen LogP contribution is -2.05. The molecular weight excluding hydrogens is 444 g/mol. The number of allylic oxidation sites excluding steroid dienone is 1. The van der Waals surface area contributed by atoms with Crippen LogP contribution in [0.3, 0.4) is 0 Å². The third-order valence-electron chi connectivity index (χ3n) is 5.11. The van der Waals surface area contributed by atoms with E-state index in [4.69, 9.17) is 9.98 Å². The number of halogens is 1. The molecular formula is C28H23BrN2. The molecule has 3 heteroatoms. The zero-order valence-electron chi connectivity index (χ0n) is 17.6. The number of benzene rings is 4. The second-order valence-corrected chi connectivity index (χ2v) is 8.04. The van der Waals surface area contributed by atoms with E-state index in [0.717, 1.165) is 32.6 Å². The lowest BCUT2D eigenvalue weighted by molar-refractivity contribution is 1.42. The monoisotopic (exact) mass is 466 g/mol. The van der Waals surface area contributed by atoms with Gasteiger partial charge in [-0.05, 0) is 36.2 Å². The fourth-order valence-corrected chi connectivity index (χ4v) is 4.22. The van der Waals surface area contributed by atoms with Crippen LogP contribution in [0.25, 0.3) is 16.5 Å². The minimum atomic E-state index is 0.690. The van der Waals surface area contributed by atoms with Gasteiger partial charge in [-0.3, -0.25) is 0 Å². The second kappa shape index (κ2) is 9.67. The fraction of sp³-hybridized carbons (Fsp3) is 0.0714. The third-order valence-corrected chi connectivity index (χ3v) is 5.78. The largest absolute Gasteiger partial charge is 0.233 e. The number of hydrogen-bond donors (Lipinski definition) is 0. The molecule has 0 heterocycles. The molecule has 0 unspecified atom stereocenters. The molecule has 0 saturated carbocycles. The zero-order valence-corrected chi connectivity index (χ0v) is 19.2. The number of fused-ring (bicyclic) bond motifs is 1. The molecule has 0 aromatic heterocycles. The van der Waals surface area contributed by atoms with Gasteiger partial charge in [0, 0.05) is 21.3 Å². The maximum Gasteiger partial charge on any atom is 0.160 e. The van der Waals surface area contributed by atoms with E-state index in [9.17, 15) is 0 Å². The topological polar surface area (TPSA) is 24.7 Å². The molecule has 0 bridgehead atoms. The smallest absolute Gasteiger partial charge is 0.160 e. The molecule has 31 heavy (non-hydrogen) atoms. The van der Waals surface area contributed by atoms with Crippen molar-refractivity contribution in [2.45, 2.75) is 13.8 Å². The highest BCUT2D eigenvalue weighted by Gasteiger charge is 2.12. The predicted molar refractivity (Wildman–Crippen MR) is 137 cm³/mol. The van der Waals surface area contributed by atoms with Crippen LogP contribution < -0.4 is 0 Å². The van der Waals surface area contributed by atoms with Crippen LogP contribution in [0.4, 0.5) is 0 Å². The molecule has 0 fully saturated rings. The summed E-state index contributed by atoms with van der Waals surface area (Å²) < 4.78 is 1.02. The number of rotatable bonds is 4. The van der Waals surface area contributed by atoms with E-state index in [0.29, 0.717) is 5.84 Å². The van der Waals surface area contributed by atoms with Crippen molar-refractivity contribution in [2.75, 3.05) is 0 Å². The van der Waals surface area contributed by atoms with Gasteiger partial charge in [-0.2, -0.15) is 0 Å². The number of amidine groups is 1. The van der Waals surface area contributed by atoms with Crippen molar-refractivity contribution in [1.29, 1.82) is 0 Å². The van der Waals surface area contributed by atoms with Crippen LogP contribution in [-0.2, 0) is 0 Å². The van der Waals surface area contributed by atoms with Gasteiger partial charge >= 0.3 is 0 Å². The van der Waals surface area contributed by atoms with Crippen molar-refractivity contribution in [3.05, 3.63) is 124 Å². The highest BCUT2D eigenvalue weighted by Crippen LogP contribution is 2.28. The Labute approximate surface area is 191 Å². The summed E-state index contributed by atoms with van der Waals surface area (Å²) in [5.74, 6) is 0.690. The third kappa shape index (κ3) is 4.73. The molecule has 4 aromatic carbocycles. The van der Waals surface area contributed by atoms with E-state index in [1.807, 2.05) is 68.5 Å². The summed E-state index contributed by atoms with van der Waals surface area (Å²) in [6.07, 6.45) is 2.02. The van der Waals surface area contributed by atoms with Crippen LogP contribution in [0, 0.1) is 0 Å². The van der Waals surface area contributed by atoms with E-state index in [2.05, 4.69) is 64.5 Å². The quantitative estimate of drug-likeness (QED) is 0.215. The predicted octanol–water partition coefficient (Wildman–Crippen LogP) is 7.92. The van der Waals surface area contributed by atoms with Gasteiger partial charge in [0.25, 0.3) is 0 Å². The van der Waals surface area contributed by atoms with Crippen LogP contribution in [0.1, 0.15) is 30.5 Å². The van der Waals surface area contributed by atoms with E-state index in [-0.39, 0.29) is 0 Å². The summed E-state index contributed by atoms with van der Waals surface area (Å²) in [5, 5.41) is 2.35. The first-order valence-corrected chi connectivity index (χ1v) is 11.1. The van der Waals surface area contributed by atoms with Crippen molar-refractivity contribution in [3.8, 4) is 0 Å². The van der Waals surface area contributed by atoms with Crippen LogP contribution in [0.15, 0.2) is 118 Å². The molecule has 0 radical (unpaired) electrons. The standard InChI is InChI=1S/C28H23BrN2/c1-3-26(22-13-6-4-7-14-22)31-28(23-15-8-5-9-16-23)30-20(2)27-24-17-11-10-12-21(24)18-19-25(27)29/h3-19H,1-2H3/b26-3-,30-20?,31-28?. The SMILES string of the molecule is C/C=C(\N=C(N=C(C)c1c(Br)ccc2ccccc12)c1ccccc1)c1ccccc1. The summed E-state index contributed by atoms with van der Waals surface area (Å²) in [4.78, 5) is 10.0. The molecule has 0 aliphatic heterocycles. The molecule has 0 N–H and O–H groups in total. The normalized spacial score (nSPS) is 12.9. The molecule has 0 amide bonds. The van der Waals surface area contributed by atoms with Gasteiger partial charge in [0.15, 0.2) is 5.84 Å². The van der Waals surface area contributed by atoms with Crippen molar-refractivity contribution in [3.63, 3.8) is 0 Å². The van der Waals surface area contributed by atoms with Gasteiger partial charge < -0.3 is 0 Å². The summed E-state index contributed by atoms with van der Waals surface area (Å²) >= 11 is 3.73. The van der Waals surface area contributed by atoms with Crippen molar-refractivity contribution < 1.29 is 0 Å². The fourth-order valence-electron chi connectivity index (χ4n) is 3.59. The highest BCUT2D eigenvalue weighted by molar-refractivity contribution is 9.10. The Morgan fingerprint density at radius 2 is 1.32 bits per heavy atom. The lowest BCUT2D eigenvalue weighted by Gasteiger charge is -2.11. The first-order chi connectivity index (χ1) is 15.2. The second-order valence-electron chi connectivity index (χ2n) is 7.18. The Kier molecular flexibility index (Phi) is 6.54. The average Bonchev–Trinajstić information content (AvgIpc) is 2.82. The maximum atomic E-state index is 5.04. The van der Waals surface area contributed by atoms with Crippen molar-refractivity contribution in [2.24, 2.45) is 9.98 Å². The average molecular weight is 467 g/mol. The molecule has 2 nitrogen and oxygen atoms in total. The summed E-state index contributed by atoms with van der Waals surface area (Å²) in [5.41, 5.74) is 4.94. The summed E-state index contributed by atoms with van der Waals surface area (Å²) in [7, 11) is 0. The van der Waals surface area contributed by atoms with E-state index >= 15 is 0 Å². The summed E-state index contributed by atoms with van der Waals surface area (Å²) in [6.45, 7) is 4.05. The first kappa shape index (κ1) is 21.0. The molecule has 0 atom stereocenters. The zero-order chi connectivity index (χ0) is 21.6. The first-order valence-electron chi connectivity index (χ1n) is 10.3. The van der Waals surface area contributed by atoms with Crippen LogP contribution >= 0.6 is 15.9 Å². The van der Waals surface area contributed by atoms with Gasteiger partial charge in [0.1, 0.15) is 0 Å². The molecule has 0 saturated heterocycles. The Bertz CT molecular complexity index is 1290. The van der Waals surface area contributed by atoms with Crippen molar-refractivity contribution >= 4 is 43.9 Å². The van der Waals surface area contributed by atoms with Gasteiger partial charge in [-0.15, -0.1) is 0 Å². The molecule has 152 valence electrons. The maximum absolute atomic E-state index is 5.04. The highest BCUT2D eigenvalue weighted by atomic mass is 79.9. The Hall–Kier alpha value is -3.30. The lowest BCUT2D eigenvalue weighted by atomic mass is 10.0. The minimum absolute atomic E-state index is 0.690. The number of hydrogen-bond acceptors (Lipinski definition) is 1. The van der Waals surface area contributed by atoms with Gasteiger partial charge in [0.2, 0.25) is 0 Å². The Morgan fingerprint density at radius 3 is 2.00 bits per heavy atom. The van der Waals surface area contributed by atoms with Crippen LogP contribution in [0.2, 0.25) is 0 Å². The van der Waals surface area contributed by atoms with Crippen LogP contribution in [-0.4, -0.2) is 11.5 Å². The van der Waals surface area contributed by atoms with Gasteiger partial charge in [-0.1, -0.05) is 113 Å². The summed E-state index contributed by atoms with van der Waals surface area (Å²) in [6, 6.07) is 32.9. The van der Waals surface area contributed by atoms with Crippen LogP contribution in [0.5, 0.6) is 0 Å². The van der Waals surface area contributed by atoms with E-state index in [1.54, 1.807) is 0 Å². The number of aliphatic imine (C=N–C) groups is 2. The van der Waals surface area contributed by atoms with E-state index in [1.165, 1.54) is 10.8 Å². The minimum Gasteiger partial charge on any atom is -0.233 e.